The number of rotatable bonds is 51. The van der Waals surface area contributed by atoms with Gasteiger partial charge in [0.15, 0.2) is 0 Å². The fraction of sp³-hybridized carbons (Fsp3) is 0.860. The van der Waals surface area contributed by atoms with Gasteiger partial charge in [0.25, 0.3) is 0 Å². The first-order valence-corrected chi connectivity index (χ1v) is 27.7. The summed E-state index contributed by atoms with van der Waals surface area (Å²) >= 11 is 0. The van der Waals surface area contributed by atoms with E-state index >= 15 is 0 Å². The van der Waals surface area contributed by atoms with E-state index in [9.17, 15) is 19.8 Å². The normalized spacial score (nSPS) is 12.9. The summed E-state index contributed by atoms with van der Waals surface area (Å²) in [7, 11) is 0. The van der Waals surface area contributed by atoms with Crippen LogP contribution in [0.15, 0.2) is 36.5 Å². The zero-order valence-electron chi connectivity index (χ0n) is 42.1. The lowest BCUT2D eigenvalue weighted by Gasteiger charge is -2.22. The van der Waals surface area contributed by atoms with Gasteiger partial charge in [0.05, 0.1) is 25.4 Å². The van der Waals surface area contributed by atoms with Gasteiger partial charge in [0, 0.05) is 12.8 Å². The number of esters is 1. The average molecular weight is 886 g/mol. The van der Waals surface area contributed by atoms with Crippen LogP contribution in [0.5, 0.6) is 0 Å². The molecule has 0 saturated heterocycles. The molecule has 0 heterocycles. The Balaban J connectivity index is 3.45. The molecule has 3 N–H and O–H groups in total. The maximum absolute atomic E-state index is 12.4. The molecule has 0 aromatic rings. The molecule has 1 amide bonds. The predicted octanol–water partition coefficient (Wildman–Crippen LogP) is 16.9. The van der Waals surface area contributed by atoms with Crippen LogP contribution in [0.3, 0.4) is 0 Å². The lowest BCUT2D eigenvalue weighted by atomic mass is 10.0. The van der Waals surface area contributed by atoms with Gasteiger partial charge in [-0.05, 0) is 83.5 Å². The first kappa shape index (κ1) is 61.1. The highest BCUT2D eigenvalue weighted by Crippen LogP contribution is 2.16. The summed E-state index contributed by atoms with van der Waals surface area (Å²) in [6.45, 7) is 4.90. The van der Waals surface area contributed by atoms with Gasteiger partial charge < -0.3 is 20.3 Å². The second-order valence-electron chi connectivity index (χ2n) is 18.9. The van der Waals surface area contributed by atoms with E-state index < -0.39 is 12.1 Å². The molecule has 6 nitrogen and oxygen atoms in total. The average Bonchev–Trinajstić information content (AvgIpc) is 3.28. The van der Waals surface area contributed by atoms with Gasteiger partial charge in [0.2, 0.25) is 5.91 Å². The molecule has 0 spiro atoms. The summed E-state index contributed by atoms with van der Waals surface area (Å²) in [4.78, 5) is 24.4. The van der Waals surface area contributed by atoms with E-state index in [4.69, 9.17) is 4.74 Å². The molecule has 0 fully saturated rings. The highest BCUT2D eigenvalue weighted by atomic mass is 16.5. The van der Waals surface area contributed by atoms with Crippen LogP contribution in [0.2, 0.25) is 0 Å². The second kappa shape index (κ2) is 52.7. The van der Waals surface area contributed by atoms with E-state index in [2.05, 4.69) is 55.6 Å². The minimum absolute atomic E-state index is 0.00356. The van der Waals surface area contributed by atoms with Gasteiger partial charge in [-0.3, -0.25) is 9.59 Å². The zero-order valence-corrected chi connectivity index (χ0v) is 42.1. The highest BCUT2D eigenvalue weighted by molar-refractivity contribution is 5.76. The van der Waals surface area contributed by atoms with Crippen LogP contribution in [0, 0.1) is 0 Å². The zero-order chi connectivity index (χ0) is 45.8. The Morgan fingerprint density at radius 2 is 0.794 bits per heavy atom. The quantitative estimate of drug-likeness (QED) is 0.0321. The third kappa shape index (κ3) is 49.4. The van der Waals surface area contributed by atoms with Crippen molar-refractivity contribution >= 4 is 11.9 Å². The van der Waals surface area contributed by atoms with Gasteiger partial charge in [-0.2, -0.15) is 0 Å². The molecule has 0 rings (SSSR count). The van der Waals surface area contributed by atoms with E-state index in [0.29, 0.717) is 25.9 Å². The number of unbranched alkanes of at least 4 members (excludes halogenated alkanes) is 34. The van der Waals surface area contributed by atoms with Gasteiger partial charge in [-0.1, -0.05) is 230 Å². The Morgan fingerprint density at radius 1 is 0.444 bits per heavy atom. The van der Waals surface area contributed by atoms with Crippen LogP contribution in [-0.2, 0) is 14.3 Å². The first-order chi connectivity index (χ1) is 31.0. The standard InChI is InChI=1S/C57H107NO5/c1-3-5-7-9-11-13-15-31-35-39-43-47-51-57(62)63-52-48-44-40-36-32-28-26-24-22-20-18-16-17-19-21-23-25-27-30-34-38-42-46-50-56(61)58-54(53-59)55(60)49-45-41-37-33-29-14-12-10-8-6-4-2/h11,13,16,18-19,21,54-55,59-60H,3-10,12,14-15,17,20,22-53H2,1-2H3,(H,58,61)/b13-11-,18-16-,21-19-. The van der Waals surface area contributed by atoms with Crippen molar-refractivity contribution in [2.75, 3.05) is 13.2 Å². The number of allylic oxidation sites excluding steroid dienone is 6. The van der Waals surface area contributed by atoms with E-state index in [1.165, 1.54) is 199 Å². The van der Waals surface area contributed by atoms with Crippen LogP contribution in [-0.4, -0.2) is 47.4 Å². The molecule has 0 aliphatic heterocycles. The van der Waals surface area contributed by atoms with Crippen molar-refractivity contribution in [2.24, 2.45) is 0 Å². The van der Waals surface area contributed by atoms with Crippen LogP contribution in [0.4, 0.5) is 0 Å². The molecule has 0 radical (unpaired) electrons. The van der Waals surface area contributed by atoms with Crippen LogP contribution >= 0.6 is 0 Å². The summed E-state index contributed by atoms with van der Waals surface area (Å²) in [5.41, 5.74) is 0. The largest absolute Gasteiger partial charge is 0.466 e. The third-order valence-electron chi connectivity index (χ3n) is 12.7. The molecule has 2 atom stereocenters. The third-order valence-corrected chi connectivity index (χ3v) is 12.7. The molecule has 2 unspecified atom stereocenters. The van der Waals surface area contributed by atoms with E-state index in [1.807, 2.05) is 0 Å². The van der Waals surface area contributed by atoms with Gasteiger partial charge in [-0.15, -0.1) is 0 Å². The van der Waals surface area contributed by atoms with Crippen LogP contribution in [0.1, 0.15) is 290 Å². The number of ether oxygens (including phenoxy) is 1. The van der Waals surface area contributed by atoms with Crippen molar-refractivity contribution in [2.45, 2.75) is 302 Å². The number of aliphatic hydroxyl groups is 2. The monoisotopic (exact) mass is 886 g/mol. The second-order valence-corrected chi connectivity index (χ2v) is 18.9. The Bertz CT molecular complexity index is 1020. The van der Waals surface area contributed by atoms with E-state index in [0.717, 1.165) is 57.8 Å². The number of hydrogen-bond acceptors (Lipinski definition) is 5. The fourth-order valence-corrected chi connectivity index (χ4v) is 8.37. The summed E-state index contributed by atoms with van der Waals surface area (Å²) in [5, 5.41) is 23.1. The lowest BCUT2D eigenvalue weighted by Crippen LogP contribution is -2.45. The maximum atomic E-state index is 12.4. The summed E-state index contributed by atoms with van der Waals surface area (Å²) in [6.07, 6.45) is 64.2. The molecule has 0 saturated carbocycles. The molecule has 0 aromatic heterocycles. The van der Waals surface area contributed by atoms with E-state index in [1.54, 1.807) is 0 Å². The molecule has 63 heavy (non-hydrogen) atoms. The lowest BCUT2D eigenvalue weighted by molar-refractivity contribution is -0.143. The smallest absolute Gasteiger partial charge is 0.305 e. The number of hydrogen-bond donors (Lipinski definition) is 3. The van der Waals surface area contributed by atoms with Crippen LogP contribution < -0.4 is 5.32 Å². The maximum Gasteiger partial charge on any atom is 0.305 e. The van der Waals surface area contributed by atoms with Crippen molar-refractivity contribution in [1.29, 1.82) is 0 Å². The number of aliphatic hydroxyl groups excluding tert-OH is 2. The fourth-order valence-electron chi connectivity index (χ4n) is 8.37. The molecular formula is C57H107NO5. The number of amides is 1. The Hall–Kier alpha value is -1.92. The minimum Gasteiger partial charge on any atom is -0.466 e. The van der Waals surface area contributed by atoms with Gasteiger partial charge >= 0.3 is 5.97 Å². The molecule has 0 aromatic carbocycles. The van der Waals surface area contributed by atoms with Crippen molar-refractivity contribution in [1.82, 2.24) is 5.32 Å². The van der Waals surface area contributed by atoms with Crippen molar-refractivity contribution < 1.29 is 24.5 Å². The Labute approximate surface area is 392 Å². The topological polar surface area (TPSA) is 95.9 Å². The molecular weight excluding hydrogens is 779 g/mol. The molecule has 0 aliphatic rings. The predicted molar refractivity (Wildman–Crippen MR) is 273 cm³/mol. The first-order valence-electron chi connectivity index (χ1n) is 27.7. The number of carbonyl (C=O) groups excluding carboxylic acids is 2. The Kier molecular flexibility index (Phi) is 51.1. The summed E-state index contributed by atoms with van der Waals surface area (Å²) in [6, 6.07) is -0.548. The summed E-state index contributed by atoms with van der Waals surface area (Å²) in [5.74, 6) is -0.0504. The SMILES string of the molecule is CCCCC/C=C\CCCCCCCC(=O)OCCCCCCCCCCC/C=C\C/C=C\CCCCCCCCCC(=O)NC(CO)C(O)CCCCCCCCCCCCC. The molecule has 0 aliphatic carbocycles. The van der Waals surface area contributed by atoms with Crippen molar-refractivity contribution in [3.63, 3.8) is 0 Å². The number of carbonyl (C=O) groups is 2. The van der Waals surface area contributed by atoms with Gasteiger partial charge in [-0.25, -0.2) is 0 Å². The Morgan fingerprint density at radius 3 is 1.25 bits per heavy atom. The molecule has 370 valence electrons. The van der Waals surface area contributed by atoms with Crippen molar-refractivity contribution in [3.8, 4) is 0 Å². The van der Waals surface area contributed by atoms with Crippen LogP contribution in [0.25, 0.3) is 0 Å². The van der Waals surface area contributed by atoms with Crippen molar-refractivity contribution in [3.05, 3.63) is 36.5 Å². The van der Waals surface area contributed by atoms with Gasteiger partial charge in [0.1, 0.15) is 0 Å². The van der Waals surface area contributed by atoms with E-state index in [-0.39, 0.29) is 18.5 Å². The highest BCUT2D eigenvalue weighted by Gasteiger charge is 2.20. The molecule has 0 bridgehead atoms. The molecule has 6 heteroatoms. The number of nitrogens with one attached hydrogen (secondary N) is 1. The minimum atomic E-state index is -0.669. The summed E-state index contributed by atoms with van der Waals surface area (Å²) < 4.78 is 5.45.